The van der Waals surface area contributed by atoms with Crippen LogP contribution in [0.25, 0.3) is 0 Å². The lowest BCUT2D eigenvalue weighted by atomic mass is 10.00. The first-order chi connectivity index (χ1) is 9.92. The van der Waals surface area contributed by atoms with Crippen LogP contribution in [0.5, 0.6) is 0 Å². The predicted octanol–water partition coefficient (Wildman–Crippen LogP) is 2.38. The highest BCUT2D eigenvalue weighted by molar-refractivity contribution is 6.02. The lowest BCUT2D eigenvalue weighted by molar-refractivity contribution is 0.404. The Balaban J connectivity index is 1.81. The third kappa shape index (κ3) is 1.73. The second kappa shape index (κ2) is 4.41. The smallest absolute Gasteiger partial charge is 0.270 e. The van der Waals surface area contributed by atoms with Crippen LogP contribution in [0.1, 0.15) is 23.8 Å². The summed E-state index contributed by atoms with van der Waals surface area (Å²) in [6, 6.07) is 13.8. The van der Waals surface area contributed by atoms with Gasteiger partial charge in [-0.15, -0.1) is 0 Å². The zero-order valence-corrected chi connectivity index (χ0v) is 10.5. The Morgan fingerprint density at radius 1 is 1.10 bits per heavy atom. The van der Waals surface area contributed by atoms with E-state index in [1.807, 2.05) is 42.5 Å². The number of tetrazole rings is 1. The Morgan fingerprint density at radius 3 is 2.80 bits per heavy atom. The number of aliphatic imine (C=N–C) groups is 1. The summed E-state index contributed by atoms with van der Waals surface area (Å²) in [5.74, 6) is 1.35. The zero-order valence-electron chi connectivity index (χ0n) is 10.5. The molecule has 0 spiro atoms. The zero-order chi connectivity index (χ0) is 13.4. The molecular weight excluding hydrogens is 254 g/mol. The molecule has 1 aromatic carbocycles. The summed E-state index contributed by atoms with van der Waals surface area (Å²) in [7, 11) is 0. The minimum atomic E-state index is -0.0530. The second-order valence-electron chi connectivity index (χ2n) is 4.58. The maximum atomic E-state index is 5.51. The Kier molecular flexibility index (Phi) is 2.45. The van der Waals surface area contributed by atoms with E-state index in [1.54, 1.807) is 10.9 Å². The van der Waals surface area contributed by atoms with Crippen LogP contribution >= 0.6 is 0 Å². The van der Waals surface area contributed by atoms with Gasteiger partial charge in [-0.2, -0.15) is 4.68 Å². The van der Waals surface area contributed by atoms with Crippen molar-refractivity contribution in [2.24, 2.45) is 4.99 Å². The molecule has 6 nitrogen and oxygen atoms in total. The van der Waals surface area contributed by atoms with Gasteiger partial charge < -0.3 is 4.42 Å². The topological polar surface area (TPSA) is 69.1 Å². The molecule has 4 rings (SSSR count). The van der Waals surface area contributed by atoms with Crippen molar-refractivity contribution >= 4 is 11.7 Å². The van der Waals surface area contributed by atoms with E-state index in [-0.39, 0.29) is 6.04 Å². The SMILES string of the molecule is c1ccc(C2=Nc3nnnn3C(c3ccco3)C2)cc1. The summed E-state index contributed by atoms with van der Waals surface area (Å²) < 4.78 is 7.21. The van der Waals surface area contributed by atoms with E-state index in [4.69, 9.17) is 4.42 Å². The molecule has 0 radical (unpaired) electrons. The molecule has 6 heteroatoms. The molecule has 2 aromatic heterocycles. The Bertz CT molecular complexity index is 745. The van der Waals surface area contributed by atoms with Crippen molar-refractivity contribution in [3.63, 3.8) is 0 Å². The minimum Gasteiger partial charge on any atom is -0.467 e. The third-order valence-electron chi connectivity index (χ3n) is 3.37. The predicted molar refractivity (Wildman–Crippen MR) is 71.9 cm³/mol. The van der Waals surface area contributed by atoms with Gasteiger partial charge in [0.05, 0.1) is 12.0 Å². The number of fused-ring (bicyclic) bond motifs is 1. The average Bonchev–Trinajstić information content (AvgIpc) is 3.18. The summed E-state index contributed by atoms with van der Waals surface area (Å²) in [5, 5.41) is 11.7. The van der Waals surface area contributed by atoms with Gasteiger partial charge in [-0.3, -0.25) is 0 Å². The second-order valence-corrected chi connectivity index (χ2v) is 4.58. The molecule has 98 valence electrons. The largest absolute Gasteiger partial charge is 0.467 e. The number of hydrogen-bond donors (Lipinski definition) is 0. The lowest BCUT2D eigenvalue weighted by Crippen LogP contribution is -2.20. The number of furan rings is 1. The van der Waals surface area contributed by atoms with E-state index in [0.29, 0.717) is 12.4 Å². The fourth-order valence-electron chi connectivity index (χ4n) is 2.42. The monoisotopic (exact) mass is 265 g/mol. The van der Waals surface area contributed by atoms with E-state index in [9.17, 15) is 0 Å². The van der Waals surface area contributed by atoms with Gasteiger partial charge in [-0.05, 0) is 28.1 Å². The Hall–Kier alpha value is -2.76. The fourth-order valence-corrected chi connectivity index (χ4v) is 2.42. The van der Waals surface area contributed by atoms with Crippen molar-refractivity contribution in [3.05, 3.63) is 60.1 Å². The lowest BCUT2D eigenvalue weighted by Gasteiger charge is -2.20. The van der Waals surface area contributed by atoms with Crippen molar-refractivity contribution in [1.29, 1.82) is 0 Å². The summed E-state index contributed by atoms with van der Waals surface area (Å²) in [4.78, 5) is 4.54. The van der Waals surface area contributed by atoms with Crippen molar-refractivity contribution in [1.82, 2.24) is 20.2 Å². The summed E-state index contributed by atoms with van der Waals surface area (Å²) in [6.45, 7) is 0. The van der Waals surface area contributed by atoms with Gasteiger partial charge in [0.25, 0.3) is 5.95 Å². The number of nitrogens with zero attached hydrogens (tertiary/aromatic N) is 5. The summed E-state index contributed by atoms with van der Waals surface area (Å²) in [6.07, 6.45) is 2.36. The molecule has 0 saturated carbocycles. The quantitative estimate of drug-likeness (QED) is 0.713. The number of rotatable bonds is 2. The molecule has 0 saturated heterocycles. The number of hydrogen-bond acceptors (Lipinski definition) is 5. The molecule has 0 fully saturated rings. The first kappa shape index (κ1) is 11.1. The van der Waals surface area contributed by atoms with Gasteiger partial charge in [0.2, 0.25) is 0 Å². The van der Waals surface area contributed by atoms with Gasteiger partial charge in [0.15, 0.2) is 0 Å². The molecule has 3 aromatic rings. The van der Waals surface area contributed by atoms with Crippen LogP contribution in [-0.4, -0.2) is 25.9 Å². The van der Waals surface area contributed by atoms with Crippen LogP contribution in [0.3, 0.4) is 0 Å². The first-order valence-corrected chi connectivity index (χ1v) is 6.36. The highest BCUT2D eigenvalue weighted by Crippen LogP contribution is 2.31. The van der Waals surface area contributed by atoms with Gasteiger partial charge in [-0.25, -0.2) is 4.99 Å². The standard InChI is InChI=1S/C14H11N5O/c1-2-5-10(6-3-1)11-9-12(13-7-4-8-20-13)19-14(15-11)16-17-18-19/h1-8,12H,9H2. The maximum absolute atomic E-state index is 5.51. The molecule has 0 bridgehead atoms. The molecule has 0 N–H and O–H groups in total. The average molecular weight is 265 g/mol. The molecule has 3 heterocycles. The van der Waals surface area contributed by atoms with E-state index >= 15 is 0 Å². The van der Waals surface area contributed by atoms with Crippen LogP contribution < -0.4 is 0 Å². The minimum absolute atomic E-state index is 0.0530. The molecule has 1 atom stereocenters. The van der Waals surface area contributed by atoms with Crippen LogP contribution in [0.4, 0.5) is 5.95 Å². The first-order valence-electron chi connectivity index (χ1n) is 6.36. The molecule has 1 unspecified atom stereocenters. The number of benzene rings is 1. The van der Waals surface area contributed by atoms with Gasteiger partial charge >= 0.3 is 0 Å². The van der Waals surface area contributed by atoms with Gasteiger partial charge in [0, 0.05) is 6.42 Å². The van der Waals surface area contributed by atoms with Gasteiger partial charge in [0.1, 0.15) is 11.8 Å². The third-order valence-corrected chi connectivity index (χ3v) is 3.37. The van der Waals surface area contributed by atoms with Crippen LogP contribution in [0.2, 0.25) is 0 Å². The van der Waals surface area contributed by atoms with E-state index < -0.39 is 0 Å². The van der Waals surface area contributed by atoms with Crippen molar-refractivity contribution in [2.45, 2.75) is 12.5 Å². The summed E-state index contributed by atoms with van der Waals surface area (Å²) >= 11 is 0. The maximum Gasteiger partial charge on any atom is 0.270 e. The molecule has 0 amide bonds. The molecular formula is C14H11N5O. The highest BCUT2D eigenvalue weighted by Gasteiger charge is 2.28. The molecule has 20 heavy (non-hydrogen) atoms. The highest BCUT2D eigenvalue weighted by atomic mass is 16.3. The molecule has 1 aliphatic heterocycles. The Morgan fingerprint density at radius 2 is 2.00 bits per heavy atom. The van der Waals surface area contributed by atoms with E-state index in [0.717, 1.165) is 17.0 Å². The van der Waals surface area contributed by atoms with Crippen molar-refractivity contribution in [3.8, 4) is 0 Å². The van der Waals surface area contributed by atoms with Crippen LogP contribution in [-0.2, 0) is 0 Å². The van der Waals surface area contributed by atoms with E-state index in [1.165, 1.54) is 0 Å². The van der Waals surface area contributed by atoms with Crippen LogP contribution in [0, 0.1) is 0 Å². The molecule has 1 aliphatic rings. The fraction of sp³-hybridized carbons (Fsp3) is 0.143. The van der Waals surface area contributed by atoms with E-state index in [2.05, 4.69) is 20.5 Å². The molecule has 0 aliphatic carbocycles. The summed E-state index contributed by atoms with van der Waals surface area (Å²) in [5.41, 5.74) is 2.05. The number of aromatic nitrogens is 4. The van der Waals surface area contributed by atoms with Crippen LogP contribution in [0.15, 0.2) is 58.1 Å². The van der Waals surface area contributed by atoms with Gasteiger partial charge in [-0.1, -0.05) is 35.4 Å². The Labute approximate surface area is 114 Å². The van der Waals surface area contributed by atoms with Crippen molar-refractivity contribution < 1.29 is 4.42 Å². The van der Waals surface area contributed by atoms with Crippen molar-refractivity contribution in [2.75, 3.05) is 0 Å². The normalized spacial score (nSPS) is 17.6.